The van der Waals surface area contributed by atoms with E-state index in [1.807, 2.05) is 22.8 Å². The molecule has 0 N–H and O–H groups in total. The Bertz CT molecular complexity index is 566. The van der Waals surface area contributed by atoms with E-state index in [-0.39, 0.29) is 0 Å². The smallest absolute Gasteiger partial charge is 0.0819 e. The second-order valence-corrected chi connectivity index (χ2v) is 2.99. The molecule has 0 bridgehead atoms. The molecule has 0 saturated carbocycles. The Labute approximate surface area is 75.4 Å². The van der Waals surface area contributed by atoms with E-state index in [1.165, 1.54) is 10.8 Å². The highest BCUT2D eigenvalue weighted by atomic mass is 15.2. The summed E-state index contributed by atoms with van der Waals surface area (Å²) in [6.45, 7) is 0. The van der Waals surface area contributed by atoms with Crippen LogP contribution in [0, 0.1) is 6.07 Å². The summed E-state index contributed by atoms with van der Waals surface area (Å²) < 4.78 is 1.84. The van der Waals surface area contributed by atoms with Crippen LogP contribution in [0.4, 0.5) is 0 Å². The Morgan fingerprint density at radius 1 is 1.15 bits per heavy atom. The Morgan fingerprint density at radius 3 is 3.08 bits per heavy atom. The summed E-state index contributed by atoms with van der Waals surface area (Å²) in [4.78, 5) is 0. The van der Waals surface area contributed by atoms with Gasteiger partial charge >= 0.3 is 0 Å². The van der Waals surface area contributed by atoms with Gasteiger partial charge in [0.05, 0.1) is 11.7 Å². The van der Waals surface area contributed by atoms with Gasteiger partial charge in [0, 0.05) is 17.6 Å². The van der Waals surface area contributed by atoms with E-state index in [2.05, 4.69) is 29.4 Å². The minimum absolute atomic E-state index is 1.04. The summed E-state index contributed by atoms with van der Waals surface area (Å²) in [7, 11) is 0. The number of hydrogen-bond acceptors (Lipinski definition) is 1. The molecule has 0 atom stereocenters. The van der Waals surface area contributed by atoms with Crippen LogP contribution in [-0.4, -0.2) is 9.61 Å². The lowest BCUT2D eigenvalue weighted by Gasteiger charge is -1.98. The Balaban J connectivity index is 2.65. The number of fused-ring (bicyclic) bond motifs is 3. The fourth-order valence-electron chi connectivity index (χ4n) is 1.60. The standard InChI is InChI=1S/C11H7N2/c1-2-4-10-9(3-1)6-8-13-11(10)5-7-12-13/h1-4,6-8H. The van der Waals surface area contributed by atoms with Crippen LogP contribution < -0.4 is 0 Å². The Hall–Kier alpha value is -1.83. The Kier molecular flexibility index (Phi) is 1.19. The van der Waals surface area contributed by atoms with Crippen molar-refractivity contribution in [1.29, 1.82) is 0 Å². The van der Waals surface area contributed by atoms with Crippen LogP contribution >= 0.6 is 0 Å². The maximum atomic E-state index is 4.13. The molecule has 0 spiro atoms. The summed E-state index contributed by atoms with van der Waals surface area (Å²) in [6, 6.07) is 13.4. The largest absolute Gasteiger partial charge is 0.240 e. The van der Waals surface area contributed by atoms with Crippen LogP contribution in [0.2, 0.25) is 0 Å². The normalized spacial score (nSPS) is 11.1. The topological polar surface area (TPSA) is 17.3 Å². The van der Waals surface area contributed by atoms with E-state index < -0.39 is 0 Å². The highest BCUT2D eigenvalue weighted by Crippen LogP contribution is 2.18. The van der Waals surface area contributed by atoms with E-state index >= 15 is 0 Å². The van der Waals surface area contributed by atoms with Crippen molar-refractivity contribution in [1.82, 2.24) is 9.61 Å². The molecular formula is C11H7N2. The zero-order valence-electron chi connectivity index (χ0n) is 6.94. The van der Waals surface area contributed by atoms with Crippen molar-refractivity contribution in [2.24, 2.45) is 0 Å². The van der Waals surface area contributed by atoms with Crippen molar-refractivity contribution in [2.75, 3.05) is 0 Å². The van der Waals surface area contributed by atoms with Crippen LogP contribution in [0.15, 0.2) is 42.7 Å². The zero-order chi connectivity index (χ0) is 8.67. The molecule has 0 fully saturated rings. The summed E-state index contributed by atoms with van der Waals surface area (Å²) in [6.07, 6.45) is 3.65. The first-order valence-corrected chi connectivity index (χ1v) is 4.18. The van der Waals surface area contributed by atoms with Gasteiger partial charge in [-0.15, -0.1) is 0 Å². The Morgan fingerprint density at radius 2 is 2.08 bits per heavy atom. The first-order valence-electron chi connectivity index (χ1n) is 4.18. The van der Waals surface area contributed by atoms with E-state index in [0.717, 1.165) is 5.52 Å². The van der Waals surface area contributed by atoms with Gasteiger partial charge in [-0.2, -0.15) is 5.10 Å². The van der Waals surface area contributed by atoms with Crippen LogP contribution in [-0.2, 0) is 0 Å². The van der Waals surface area contributed by atoms with Crippen molar-refractivity contribution in [3.05, 3.63) is 48.8 Å². The molecule has 2 heteroatoms. The van der Waals surface area contributed by atoms with E-state index in [9.17, 15) is 0 Å². The molecule has 0 aliphatic rings. The molecule has 0 aliphatic heterocycles. The fraction of sp³-hybridized carbons (Fsp3) is 0. The number of pyridine rings is 1. The molecule has 3 aromatic rings. The number of rotatable bonds is 0. The van der Waals surface area contributed by atoms with Gasteiger partial charge in [-0.3, -0.25) is 0 Å². The van der Waals surface area contributed by atoms with Crippen molar-refractivity contribution in [3.63, 3.8) is 0 Å². The molecule has 2 heterocycles. The molecule has 2 aromatic heterocycles. The average Bonchev–Trinajstić information content (AvgIpc) is 2.65. The van der Waals surface area contributed by atoms with Crippen molar-refractivity contribution in [2.45, 2.75) is 0 Å². The van der Waals surface area contributed by atoms with Crippen molar-refractivity contribution in [3.8, 4) is 0 Å². The van der Waals surface area contributed by atoms with Gasteiger partial charge < -0.3 is 0 Å². The molecule has 13 heavy (non-hydrogen) atoms. The van der Waals surface area contributed by atoms with Gasteiger partial charge in [-0.25, -0.2) is 4.52 Å². The summed E-state index contributed by atoms with van der Waals surface area (Å²) >= 11 is 0. The molecule has 1 radical (unpaired) electrons. The van der Waals surface area contributed by atoms with Gasteiger partial charge in [0.1, 0.15) is 0 Å². The summed E-state index contributed by atoms with van der Waals surface area (Å²) in [5, 5.41) is 6.56. The lowest BCUT2D eigenvalue weighted by Crippen LogP contribution is -1.85. The average molecular weight is 167 g/mol. The second-order valence-electron chi connectivity index (χ2n) is 2.99. The van der Waals surface area contributed by atoms with Crippen LogP contribution in [0.1, 0.15) is 0 Å². The van der Waals surface area contributed by atoms with Crippen molar-refractivity contribution < 1.29 is 0 Å². The third-order valence-corrected chi connectivity index (χ3v) is 2.22. The number of benzene rings is 1. The molecule has 0 saturated heterocycles. The molecule has 0 aliphatic carbocycles. The van der Waals surface area contributed by atoms with Gasteiger partial charge in [0.25, 0.3) is 0 Å². The summed E-state index contributed by atoms with van der Waals surface area (Å²) in [5.41, 5.74) is 1.04. The summed E-state index contributed by atoms with van der Waals surface area (Å²) in [5.74, 6) is 0. The number of nitrogens with zero attached hydrogens (tertiary/aromatic N) is 2. The monoisotopic (exact) mass is 167 g/mol. The van der Waals surface area contributed by atoms with Crippen LogP contribution in [0.5, 0.6) is 0 Å². The first kappa shape index (κ1) is 6.66. The molecular weight excluding hydrogens is 160 g/mol. The van der Waals surface area contributed by atoms with Crippen LogP contribution in [0.25, 0.3) is 16.3 Å². The van der Waals surface area contributed by atoms with E-state index in [4.69, 9.17) is 0 Å². The van der Waals surface area contributed by atoms with Gasteiger partial charge in [-0.1, -0.05) is 24.3 Å². The predicted octanol–water partition coefficient (Wildman–Crippen LogP) is 2.29. The van der Waals surface area contributed by atoms with E-state index in [1.54, 1.807) is 6.20 Å². The van der Waals surface area contributed by atoms with E-state index in [0.29, 0.717) is 0 Å². The lowest BCUT2D eigenvalue weighted by molar-refractivity contribution is 0.967. The van der Waals surface area contributed by atoms with Crippen LogP contribution in [0.3, 0.4) is 0 Å². The molecule has 3 rings (SSSR count). The fourth-order valence-corrected chi connectivity index (χ4v) is 1.60. The highest BCUT2D eigenvalue weighted by molar-refractivity contribution is 5.95. The minimum Gasteiger partial charge on any atom is -0.240 e. The van der Waals surface area contributed by atoms with Gasteiger partial charge in [-0.05, 0) is 11.5 Å². The molecule has 1 aromatic carbocycles. The third-order valence-electron chi connectivity index (χ3n) is 2.22. The predicted molar refractivity (Wildman–Crippen MR) is 51.5 cm³/mol. The first-order chi connectivity index (χ1) is 6.45. The molecule has 0 unspecified atom stereocenters. The second kappa shape index (κ2) is 2.33. The number of hydrogen-bond donors (Lipinski definition) is 0. The number of aromatic nitrogens is 2. The SMILES string of the molecule is [c]1cnn2ccc3ccccc3c12. The minimum atomic E-state index is 1.04. The van der Waals surface area contributed by atoms with Gasteiger partial charge in [0.15, 0.2) is 0 Å². The maximum absolute atomic E-state index is 4.13. The zero-order valence-corrected chi connectivity index (χ0v) is 6.94. The maximum Gasteiger partial charge on any atom is 0.0819 e. The lowest BCUT2D eigenvalue weighted by atomic mass is 10.1. The highest BCUT2D eigenvalue weighted by Gasteiger charge is 1.98. The molecule has 0 amide bonds. The van der Waals surface area contributed by atoms with Gasteiger partial charge in [0.2, 0.25) is 0 Å². The molecule has 61 valence electrons. The van der Waals surface area contributed by atoms with Crippen molar-refractivity contribution >= 4 is 16.3 Å². The quantitative estimate of drug-likeness (QED) is 0.502. The molecule has 2 nitrogen and oxygen atoms in total. The third kappa shape index (κ3) is 0.855.